The van der Waals surface area contributed by atoms with Crippen LogP contribution in [0.25, 0.3) is 0 Å². The minimum absolute atomic E-state index is 0.165. The lowest BCUT2D eigenvalue weighted by molar-refractivity contribution is 0.526. The number of aromatic nitrogens is 1. The summed E-state index contributed by atoms with van der Waals surface area (Å²) in [7, 11) is -4.15. The largest absolute Gasteiger partial charge is 0.248 e. The Morgan fingerprint density at radius 2 is 2.14 bits per heavy atom. The Hall–Kier alpha value is -0.900. The summed E-state index contributed by atoms with van der Waals surface area (Å²) >= 11 is 4.18. The van der Waals surface area contributed by atoms with Crippen molar-refractivity contribution in [1.29, 1.82) is 0 Å². The fourth-order valence-corrected chi connectivity index (χ4v) is 5.04. The van der Waals surface area contributed by atoms with Crippen molar-refractivity contribution in [3.63, 3.8) is 0 Å². The van der Waals surface area contributed by atoms with Crippen LogP contribution in [0.1, 0.15) is 24.4 Å². The SMILES string of the molecule is CCC(NS(=O)(=O)c1c(F)cc(F)cc1Br)c1nccs1. The molecule has 0 spiro atoms. The molecule has 2 aromatic rings. The fraction of sp³-hybridized carbons (Fsp3) is 0.250. The van der Waals surface area contributed by atoms with Crippen LogP contribution < -0.4 is 4.72 Å². The van der Waals surface area contributed by atoms with Gasteiger partial charge in [-0.2, -0.15) is 0 Å². The molecule has 9 heteroatoms. The van der Waals surface area contributed by atoms with Gasteiger partial charge in [0.25, 0.3) is 0 Å². The van der Waals surface area contributed by atoms with Gasteiger partial charge < -0.3 is 0 Å². The summed E-state index contributed by atoms with van der Waals surface area (Å²) in [5.74, 6) is -2.01. The molecular formula is C12H11BrF2N2O2S2. The standard InChI is InChI=1S/C12H11BrF2N2O2S2/c1-2-10(12-16-3-4-20-12)17-21(18,19)11-8(13)5-7(14)6-9(11)15/h3-6,10,17H,2H2,1H3. The van der Waals surface area contributed by atoms with Crippen molar-refractivity contribution < 1.29 is 17.2 Å². The Labute approximate surface area is 133 Å². The minimum atomic E-state index is -4.15. The highest BCUT2D eigenvalue weighted by molar-refractivity contribution is 9.10. The first kappa shape index (κ1) is 16.5. The van der Waals surface area contributed by atoms with Crippen molar-refractivity contribution in [2.75, 3.05) is 0 Å². The monoisotopic (exact) mass is 396 g/mol. The minimum Gasteiger partial charge on any atom is -0.248 e. The van der Waals surface area contributed by atoms with E-state index in [0.29, 0.717) is 17.5 Å². The summed E-state index contributed by atoms with van der Waals surface area (Å²) in [6.45, 7) is 1.78. The number of sulfonamides is 1. The number of hydrogen-bond donors (Lipinski definition) is 1. The first-order valence-electron chi connectivity index (χ1n) is 5.91. The van der Waals surface area contributed by atoms with Gasteiger partial charge in [0, 0.05) is 22.1 Å². The number of rotatable bonds is 5. The second kappa shape index (κ2) is 6.47. The van der Waals surface area contributed by atoms with E-state index in [2.05, 4.69) is 25.6 Å². The second-order valence-electron chi connectivity index (χ2n) is 4.15. The van der Waals surface area contributed by atoms with Crippen molar-refractivity contribution in [3.05, 3.63) is 44.8 Å². The summed E-state index contributed by atoms with van der Waals surface area (Å²) < 4.78 is 53.7. The molecule has 0 aliphatic heterocycles. The second-order valence-corrected chi connectivity index (χ2v) is 7.58. The van der Waals surface area contributed by atoms with Gasteiger partial charge in [-0.05, 0) is 28.4 Å². The van der Waals surface area contributed by atoms with Gasteiger partial charge in [0.15, 0.2) is 0 Å². The number of hydrogen-bond acceptors (Lipinski definition) is 4. The Morgan fingerprint density at radius 1 is 1.43 bits per heavy atom. The third-order valence-corrected chi connectivity index (χ3v) is 6.01. The zero-order valence-electron chi connectivity index (χ0n) is 10.8. The zero-order valence-corrected chi connectivity index (χ0v) is 14.0. The molecule has 0 fully saturated rings. The van der Waals surface area contributed by atoms with E-state index in [1.165, 1.54) is 11.3 Å². The average molecular weight is 397 g/mol. The van der Waals surface area contributed by atoms with Crippen LogP contribution in [0.5, 0.6) is 0 Å². The lowest BCUT2D eigenvalue weighted by atomic mass is 10.3. The van der Waals surface area contributed by atoms with E-state index in [0.717, 1.165) is 6.07 Å². The lowest BCUT2D eigenvalue weighted by Crippen LogP contribution is -2.29. The van der Waals surface area contributed by atoms with E-state index < -0.39 is 32.6 Å². The van der Waals surface area contributed by atoms with Gasteiger partial charge in [0.05, 0.1) is 6.04 Å². The van der Waals surface area contributed by atoms with Gasteiger partial charge >= 0.3 is 0 Å². The molecule has 1 aromatic heterocycles. The Balaban J connectivity index is 2.39. The van der Waals surface area contributed by atoms with Gasteiger partial charge in [0.1, 0.15) is 21.5 Å². The van der Waals surface area contributed by atoms with E-state index in [-0.39, 0.29) is 4.47 Å². The number of halogens is 3. The molecule has 1 heterocycles. The maximum Gasteiger partial charge on any atom is 0.245 e. The summed E-state index contributed by atoms with van der Waals surface area (Å²) in [6, 6.07) is 0.873. The van der Waals surface area contributed by atoms with Crippen LogP contribution in [0.2, 0.25) is 0 Å². The predicted octanol–water partition coefficient (Wildman–Crippen LogP) is 3.61. The first-order chi connectivity index (χ1) is 9.85. The lowest BCUT2D eigenvalue weighted by Gasteiger charge is -2.16. The van der Waals surface area contributed by atoms with Gasteiger partial charge in [-0.3, -0.25) is 0 Å². The summed E-state index contributed by atoms with van der Waals surface area (Å²) in [5.41, 5.74) is 0. The molecule has 0 aliphatic carbocycles. The summed E-state index contributed by atoms with van der Waals surface area (Å²) in [4.78, 5) is 3.44. The van der Waals surface area contributed by atoms with E-state index in [1.807, 2.05) is 0 Å². The van der Waals surface area contributed by atoms with Gasteiger partial charge in [0.2, 0.25) is 10.0 Å². The van der Waals surface area contributed by atoms with Crippen LogP contribution >= 0.6 is 27.3 Å². The van der Waals surface area contributed by atoms with Crippen molar-refractivity contribution >= 4 is 37.3 Å². The quantitative estimate of drug-likeness (QED) is 0.839. The molecule has 1 unspecified atom stereocenters. The van der Waals surface area contributed by atoms with Crippen molar-refractivity contribution in [1.82, 2.24) is 9.71 Å². The molecular weight excluding hydrogens is 386 g/mol. The van der Waals surface area contributed by atoms with Crippen LogP contribution in [-0.2, 0) is 10.0 Å². The number of nitrogens with zero attached hydrogens (tertiary/aromatic N) is 1. The summed E-state index contributed by atoms with van der Waals surface area (Å²) in [5, 5.41) is 2.31. The van der Waals surface area contributed by atoms with Crippen LogP contribution in [0, 0.1) is 11.6 Å². The molecule has 0 amide bonds. The average Bonchev–Trinajstić information content (AvgIpc) is 2.87. The molecule has 4 nitrogen and oxygen atoms in total. The first-order valence-corrected chi connectivity index (χ1v) is 9.07. The molecule has 0 bridgehead atoms. The Bertz CT molecular complexity index is 713. The summed E-state index contributed by atoms with van der Waals surface area (Å²) in [6.07, 6.45) is 2.01. The maximum absolute atomic E-state index is 13.8. The maximum atomic E-state index is 13.8. The molecule has 1 atom stereocenters. The van der Waals surface area contributed by atoms with Crippen LogP contribution in [-0.4, -0.2) is 13.4 Å². The highest BCUT2D eigenvalue weighted by Gasteiger charge is 2.27. The topological polar surface area (TPSA) is 59.1 Å². The number of benzene rings is 1. The van der Waals surface area contributed by atoms with Crippen molar-refractivity contribution in [3.8, 4) is 0 Å². The van der Waals surface area contributed by atoms with Crippen LogP contribution in [0.3, 0.4) is 0 Å². The normalized spacial score (nSPS) is 13.3. The molecule has 0 saturated heterocycles. The molecule has 21 heavy (non-hydrogen) atoms. The highest BCUT2D eigenvalue weighted by atomic mass is 79.9. The molecule has 114 valence electrons. The van der Waals surface area contributed by atoms with Gasteiger partial charge in [-0.25, -0.2) is 26.9 Å². The molecule has 0 radical (unpaired) electrons. The fourth-order valence-electron chi connectivity index (χ4n) is 1.75. The van der Waals surface area contributed by atoms with E-state index in [4.69, 9.17) is 0 Å². The Kier molecular flexibility index (Phi) is 5.07. The molecule has 2 rings (SSSR count). The van der Waals surface area contributed by atoms with E-state index >= 15 is 0 Å². The van der Waals surface area contributed by atoms with E-state index in [1.54, 1.807) is 18.5 Å². The zero-order chi connectivity index (χ0) is 15.6. The number of nitrogens with one attached hydrogen (secondary N) is 1. The predicted molar refractivity (Wildman–Crippen MR) is 79.5 cm³/mol. The third-order valence-electron chi connectivity index (χ3n) is 2.69. The molecule has 1 aromatic carbocycles. The molecule has 1 N–H and O–H groups in total. The van der Waals surface area contributed by atoms with Gasteiger partial charge in [-0.1, -0.05) is 6.92 Å². The van der Waals surface area contributed by atoms with E-state index in [9.17, 15) is 17.2 Å². The number of thiazole rings is 1. The van der Waals surface area contributed by atoms with Crippen molar-refractivity contribution in [2.45, 2.75) is 24.3 Å². The molecule has 0 saturated carbocycles. The highest BCUT2D eigenvalue weighted by Crippen LogP contribution is 2.28. The van der Waals surface area contributed by atoms with Crippen molar-refractivity contribution in [2.24, 2.45) is 0 Å². The van der Waals surface area contributed by atoms with Crippen LogP contribution in [0.15, 0.2) is 33.1 Å². The van der Waals surface area contributed by atoms with Crippen LogP contribution in [0.4, 0.5) is 8.78 Å². The Morgan fingerprint density at radius 3 is 2.67 bits per heavy atom. The van der Waals surface area contributed by atoms with Gasteiger partial charge in [-0.15, -0.1) is 11.3 Å². The molecule has 0 aliphatic rings. The smallest absolute Gasteiger partial charge is 0.245 e. The third kappa shape index (κ3) is 3.65.